The molecule has 0 aliphatic rings. The number of thioether (sulfide) groups is 1. The van der Waals surface area contributed by atoms with Crippen molar-refractivity contribution in [1.82, 2.24) is 5.32 Å². The fourth-order valence-corrected chi connectivity index (χ4v) is 2.29. The summed E-state index contributed by atoms with van der Waals surface area (Å²) in [7, 11) is 0. The van der Waals surface area contributed by atoms with Crippen molar-refractivity contribution in [2.45, 2.75) is 25.4 Å². The Morgan fingerprint density at radius 2 is 2.06 bits per heavy atom. The van der Waals surface area contributed by atoms with E-state index in [4.69, 9.17) is 5.73 Å². The second-order valence-corrected chi connectivity index (χ2v) is 6.07. The quantitative estimate of drug-likeness (QED) is 0.843. The van der Waals surface area contributed by atoms with E-state index in [1.54, 1.807) is 11.8 Å². The molecule has 1 unspecified atom stereocenters. The van der Waals surface area contributed by atoms with Gasteiger partial charge in [0.05, 0.1) is 12.1 Å². The summed E-state index contributed by atoms with van der Waals surface area (Å²) in [5.41, 5.74) is 6.89. The van der Waals surface area contributed by atoms with Gasteiger partial charge in [0.15, 0.2) is 0 Å². The van der Waals surface area contributed by atoms with Gasteiger partial charge in [-0.15, -0.1) is 0 Å². The maximum atomic E-state index is 11.8. The number of hydrogen-bond donors (Lipinski definition) is 2. The molecule has 0 bridgehead atoms. The Kier molecular flexibility index (Phi) is 6.75. The highest BCUT2D eigenvalue weighted by atomic mass is 79.9. The van der Waals surface area contributed by atoms with E-state index in [2.05, 4.69) is 21.2 Å². The molecular weight excluding hydrogens is 312 g/mol. The van der Waals surface area contributed by atoms with Crippen LogP contribution >= 0.6 is 27.7 Å². The third-order valence-electron chi connectivity index (χ3n) is 2.70. The molecule has 0 saturated carbocycles. The minimum Gasteiger partial charge on any atom is -0.348 e. The largest absolute Gasteiger partial charge is 0.348 e. The molecule has 2 atom stereocenters. The maximum Gasteiger partial charge on any atom is 0.237 e. The second-order valence-electron chi connectivity index (χ2n) is 4.17. The number of benzene rings is 1. The molecule has 0 fully saturated rings. The molecule has 3 N–H and O–H groups in total. The summed E-state index contributed by atoms with van der Waals surface area (Å²) in [4.78, 5) is 11.8. The van der Waals surface area contributed by atoms with Gasteiger partial charge in [0.25, 0.3) is 0 Å². The van der Waals surface area contributed by atoms with Crippen molar-refractivity contribution in [1.29, 1.82) is 0 Å². The van der Waals surface area contributed by atoms with Crippen LogP contribution in [0.3, 0.4) is 0 Å². The molecule has 0 saturated heterocycles. The Hall–Kier alpha value is -0.520. The average molecular weight is 331 g/mol. The molecule has 0 aliphatic heterocycles. The number of rotatable bonds is 6. The minimum absolute atomic E-state index is 0.0223. The second kappa shape index (κ2) is 7.81. The number of carbonyl (C=O) groups excluding carboxylic acids is 1. The fourth-order valence-electron chi connectivity index (χ4n) is 1.53. The zero-order chi connectivity index (χ0) is 13.5. The number of nitrogens with two attached hydrogens (primary N) is 1. The Morgan fingerprint density at radius 1 is 1.44 bits per heavy atom. The van der Waals surface area contributed by atoms with E-state index in [1.807, 2.05) is 37.4 Å². The standard InChI is InChI=1S/C13H19BrN2OS/c1-9(10-3-5-11(14)6-4-10)16-13(17)12(15)7-8-18-2/h3-6,9,12H,7-8,15H2,1-2H3,(H,16,17)/t9?,12-/m1/s1. The zero-order valence-corrected chi connectivity index (χ0v) is 13.1. The molecule has 1 amide bonds. The van der Waals surface area contributed by atoms with Gasteiger partial charge < -0.3 is 11.1 Å². The molecular formula is C13H19BrN2OS. The summed E-state index contributed by atoms with van der Waals surface area (Å²) >= 11 is 5.09. The number of carbonyl (C=O) groups is 1. The van der Waals surface area contributed by atoms with E-state index in [0.29, 0.717) is 6.42 Å². The molecule has 18 heavy (non-hydrogen) atoms. The van der Waals surface area contributed by atoms with Crippen LogP contribution in [0, 0.1) is 0 Å². The summed E-state index contributed by atoms with van der Waals surface area (Å²) < 4.78 is 1.03. The van der Waals surface area contributed by atoms with Gasteiger partial charge in [-0.05, 0) is 43.0 Å². The van der Waals surface area contributed by atoms with E-state index in [0.717, 1.165) is 15.8 Å². The van der Waals surface area contributed by atoms with E-state index in [-0.39, 0.29) is 11.9 Å². The molecule has 0 aliphatic carbocycles. The summed E-state index contributed by atoms with van der Waals surface area (Å²) in [6.45, 7) is 1.96. The van der Waals surface area contributed by atoms with Gasteiger partial charge in [-0.25, -0.2) is 0 Å². The first-order valence-corrected chi connectivity index (χ1v) is 8.03. The fraction of sp³-hybridized carbons (Fsp3) is 0.462. The van der Waals surface area contributed by atoms with Crippen LogP contribution in [0.15, 0.2) is 28.7 Å². The van der Waals surface area contributed by atoms with Crippen LogP contribution in [0.2, 0.25) is 0 Å². The third-order valence-corrected chi connectivity index (χ3v) is 3.87. The first-order valence-electron chi connectivity index (χ1n) is 5.85. The molecule has 5 heteroatoms. The number of amides is 1. The van der Waals surface area contributed by atoms with Gasteiger partial charge in [-0.3, -0.25) is 4.79 Å². The summed E-state index contributed by atoms with van der Waals surface area (Å²) in [6, 6.07) is 7.46. The van der Waals surface area contributed by atoms with Crippen LogP contribution in [-0.2, 0) is 4.79 Å². The molecule has 0 heterocycles. The molecule has 0 aromatic heterocycles. The highest BCUT2D eigenvalue weighted by Gasteiger charge is 2.15. The van der Waals surface area contributed by atoms with Crippen molar-refractivity contribution in [3.05, 3.63) is 34.3 Å². The minimum atomic E-state index is -0.421. The number of halogens is 1. The lowest BCUT2D eigenvalue weighted by molar-refractivity contribution is -0.123. The van der Waals surface area contributed by atoms with Crippen LogP contribution < -0.4 is 11.1 Å². The molecule has 0 radical (unpaired) electrons. The lowest BCUT2D eigenvalue weighted by atomic mass is 10.1. The molecule has 1 aromatic rings. The van der Waals surface area contributed by atoms with E-state index < -0.39 is 6.04 Å². The van der Waals surface area contributed by atoms with Crippen molar-refractivity contribution in [3.8, 4) is 0 Å². The van der Waals surface area contributed by atoms with Gasteiger partial charge in [-0.2, -0.15) is 11.8 Å². The third kappa shape index (κ3) is 5.00. The Labute approximate surface area is 121 Å². The van der Waals surface area contributed by atoms with Crippen LogP contribution in [0.25, 0.3) is 0 Å². The molecule has 3 nitrogen and oxygen atoms in total. The van der Waals surface area contributed by atoms with E-state index >= 15 is 0 Å². The number of hydrogen-bond acceptors (Lipinski definition) is 3. The summed E-state index contributed by atoms with van der Waals surface area (Å²) in [5.74, 6) is 0.820. The summed E-state index contributed by atoms with van der Waals surface area (Å²) in [5, 5.41) is 2.94. The monoisotopic (exact) mass is 330 g/mol. The van der Waals surface area contributed by atoms with Crippen molar-refractivity contribution < 1.29 is 4.79 Å². The number of nitrogens with one attached hydrogen (secondary N) is 1. The zero-order valence-electron chi connectivity index (χ0n) is 10.7. The van der Waals surface area contributed by atoms with Crippen LogP contribution in [0.4, 0.5) is 0 Å². The van der Waals surface area contributed by atoms with Crippen LogP contribution in [0.1, 0.15) is 24.9 Å². The first-order chi connectivity index (χ1) is 8.54. The predicted molar refractivity (Wildman–Crippen MR) is 81.7 cm³/mol. The van der Waals surface area contributed by atoms with Gasteiger partial charge in [-0.1, -0.05) is 28.1 Å². The predicted octanol–water partition coefficient (Wildman–Crippen LogP) is 2.71. The van der Waals surface area contributed by atoms with Crippen molar-refractivity contribution in [2.75, 3.05) is 12.0 Å². The van der Waals surface area contributed by atoms with Crippen molar-refractivity contribution >= 4 is 33.6 Å². The SMILES string of the molecule is CSCC[C@@H](N)C(=O)NC(C)c1ccc(Br)cc1. The normalized spacial score (nSPS) is 14.0. The molecule has 1 rings (SSSR count). The van der Waals surface area contributed by atoms with Crippen molar-refractivity contribution in [2.24, 2.45) is 5.73 Å². The Balaban J connectivity index is 2.51. The highest BCUT2D eigenvalue weighted by Crippen LogP contribution is 2.16. The van der Waals surface area contributed by atoms with Gasteiger partial charge >= 0.3 is 0 Å². The lowest BCUT2D eigenvalue weighted by Gasteiger charge is -2.17. The average Bonchev–Trinajstić information content (AvgIpc) is 2.36. The van der Waals surface area contributed by atoms with Gasteiger partial charge in [0.2, 0.25) is 5.91 Å². The summed E-state index contributed by atoms with van der Waals surface area (Å²) in [6.07, 6.45) is 2.72. The molecule has 1 aromatic carbocycles. The van der Waals surface area contributed by atoms with Crippen LogP contribution in [-0.4, -0.2) is 24.0 Å². The first kappa shape index (κ1) is 15.5. The smallest absolute Gasteiger partial charge is 0.237 e. The van der Waals surface area contributed by atoms with Gasteiger partial charge in [0.1, 0.15) is 0 Å². The van der Waals surface area contributed by atoms with Gasteiger partial charge in [0, 0.05) is 4.47 Å². The molecule has 0 spiro atoms. The van der Waals surface area contributed by atoms with Crippen molar-refractivity contribution in [3.63, 3.8) is 0 Å². The Morgan fingerprint density at radius 3 is 2.61 bits per heavy atom. The van der Waals surface area contributed by atoms with Crippen LogP contribution in [0.5, 0.6) is 0 Å². The maximum absolute atomic E-state index is 11.8. The molecule has 100 valence electrons. The topological polar surface area (TPSA) is 55.1 Å². The highest BCUT2D eigenvalue weighted by molar-refractivity contribution is 9.10. The van der Waals surface area contributed by atoms with E-state index in [9.17, 15) is 4.79 Å². The lowest BCUT2D eigenvalue weighted by Crippen LogP contribution is -2.41. The van der Waals surface area contributed by atoms with E-state index in [1.165, 1.54) is 0 Å². The Bertz CT molecular complexity index is 383.